The summed E-state index contributed by atoms with van der Waals surface area (Å²) in [6.07, 6.45) is 3.28. The van der Waals surface area contributed by atoms with Crippen LogP contribution in [-0.2, 0) is 6.42 Å². The van der Waals surface area contributed by atoms with Crippen molar-refractivity contribution in [2.45, 2.75) is 33.1 Å². The van der Waals surface area contributed by atoms with E-state index in [1.165, 1.54) is 11.3 Å². The third-order valence-electron chi connectivity index (χ3n) is 3.23. The molecule has 2 N–H and O–H groups in total. The van der Waals surface area contributed by atoms with Crippen molar-refractivity contribution < 1.29 is 0 Å². The Morgan fingerprint density at radius 3 is 2.32 bits per heavy atom. The molecule has 0 fully saturated rings. The Morgan fingerprint density at radius 1 is 1.09 bits per heavy atom. The van der Waals surface area contributed by atoms with Gasteiger partial charge in [0.2, 0.25) is 0 Å². The number of rotatable bonds is 8. The van der Waals surface area contributed by atoms with E-state index in [1.54, 1.807) is 0 Å². The third-order valence-corrected chi connectivity index (χ3v) is 3.23. The van der Waals surface area contributed by atoms with E-state index in [-0.39, 0.29) is 24.0 Å². The highest BCUT2D eigenvalue weighted by Crippen LogP contribution is 2.13. The number of nitrogens with one attached hydrogen (secondary N) is 2. The number of aliphatic imine (C=N–C) groups is 1. The first kappa shape index (κ1) is 21.0. The maximum atomic E-state index is 4.50. The third kappa shape index (κ3) is 8.46. The van der Waals surface area contributed by atoms with Gasteiger partial charge in [-0.3, -0.25) is 4.99 Å². The van der Waals surface area contributed by atoms with Gasteiger partial charge in [0.25, 0.3) is 0 Å². The molecule has 0 saturated carbocycles. The highest BCUT2D eigenvalue weighted by molar-refractivity contribution is 14.0. The summed E-state index contributed by atoms with van der Waals surface area (Å²) in [4.78, 5) is 6.62. The molecule has 1 rings (SSSR count). The van der Waals surface area contributed by atoms with Gasteiger partial charge in [0.05, 0.1) is 0 Å². The fraction of sp³-hybridized carbons (Fsp3) is 0.588. The minimum absolute atomic E-state index is 0. The Bertz CT molecular complexity index is 415. The van der Waals surface area contributed by atoms with E-state index in [9.17, 15) is 0 Å². The lowest BCUT2D eigenvalue weighted by atomic mass is 10.1. The Balaban J connectivity index is 0.00000441. The zero-order valence-electron chi connectivity index (χ0n) is 14.4. The van der Waals surface area contributed by atoms with Crippen LogP contribution in [0.4, 0.5) is 5.69 Å². The topological polar surface area (TPSA) is 39.7 Å². The fourth-order valence-corrected chi connectivity index (χ4v) is 2.03. The summed E-state index contributed by atoms with van der Waals surface area (Å²) in [5, 5.41) is 6.66. The van der Waals surface area contributed by atoms with Gasteiger partial charge in [0.1, 0.15) is 0 Å². The van der Waals surface area contributed by atoms with Crippen LogP contribution in [0.25, 0.3) is 0 Å². The van der Waals surface area contributed by atoms with E-state index in [0.717, 1.165) is 44.9 Å². The molecule has 1 aromatic carbocycles. The molecule has 1 aromatic rings. The Labute approximate surface area is 152 Å². The van der Waals surface area contributed by atoms with E-state index in [1.807, 2.05) is 0 Å². The molecule has 5 heteroatoms. The average Bonchev–Trinajstić information content (AvgIpc) is 2.49. The van der Waals surface area contributed by atoms with Crippen molar-refractivity contribution in [2.75, 3.05) is 38.6 Å². The molecule has 0 amide bonds. The predicted molar refractivity (Wildman–Crippen MR) is 109 cm³/mol. The molecule has 0 spiro atoms. The van der Waals surface area contributed by atoms with Crippen molar-refractivity contribution in [2.24, 2.45) is 4.99 Å². The molecule has 4 nitrogen and oxygen atoms in total. The smallest absolute Gasteiger partial charge is 0.191 e. The number of anilines is 1. The fourth-order valence-electron chi connectivity index (χ4n) is 2.03. The van der Waals surface area contributed by atoms with Crippen LogP contribution in [0.2, 0.25) is 0 Å². The standard InChI is InChI=1S/C17H30N4.HI/c1-5-13-19-17(18-6-2)20-14-7-8-15-9-11-16(12-10-15)21(3)4;/h9-12H,5-8,13-14H2,1-4H3,(H2,18,19,20);1H. The molecule has 0 unspecified atom stereocenters. The Hall–Kier alpha value is -0.980. The molecular weight excluding hydrogens is 387 g/mol. The molecular formula is C17H31IN4. The van der Waals surface area contributed by atoms with Gasteiger partial charge in [0.15, 0.2) is 5.96 Å². The number of halogens is 1. The molecule has 0 aliphatic rings. The van der Waals surface area contributed by atoms with Crippen molar-refractivity contribution in [1.82, 2.24) is 10.6 Å². The van der Waals surface area contributed by atoms with Crippen molar-refractivity contribution in [3.63, 3.8) is 0 Å². The van der Waals surface area contributed by atoms with Crippen LogP contribution in [0.15, 0.2) is 29.3 Å². The highest BCUT2D eigenvalue weighted by atomic mass is 127. The maximum Gasteiger partial charge on any atom is 0.191 e. The summed E-state index contributed by atoms with van der Waals surface area (Å²) in [6.45, 7) is 6.97. The minimum atomic E-state index is 0. The average molecular weight is 418 g/mol. The van der Waals surface area contributed by atoms with Gasteiger partial charge in [-0.1, -0.05) is 19.1 Å². The van der Waals surface area contributed by atoms with Crippen LogP contribution in [-0.4, -0.2) is 39.7 Å². The first-order chi connectivity index (χ1) is 10.2. The van der Waals surface area contributed by atoms with Crippen molar-refractivity contribution in [3.05, 3.63) is 29.8 Å². The molecule has 0 saturated heterocycles. The van der Waals surface area contributed by atoms with Gasteiger partial charge >= 0.3 is 0 Å². The molecule has 0 atom stereocenters. The van der Waals surface area contributed by atoms with Crippen LogP contribution >= 0.6 is 24.0 Å². The Morgan fingerprint density at radius 2 is 1.77 bits per heavy atom. The molecule has 22 heavy (non-hydrogen) atoms. The van der Waals surface area contributed by atoms with Crippen LogP contribution in [0, 0.1) is 0 Å². The Kier molecular flexibility index (Phi) is 12.0. The molecule has 0 radical (unpaired) electrons. The molecule has 0 heterocycles. The summed E-state index contributed by atoms with van der Waals surface area (Å²) in [5.74, 6) is 0.933. The summed E-state index contributed by atoms with van der Waals surface area (Å²) in [6, 6.07) is 8.78. The van der Waals surface area contributed by atoms with Gasteiger partial charge < -0.3 is 15.5 Å². The molecule has 126 valence electrons. The van der Waals surface area contributed by atoms with Gasteiger partial charge in [-0.15, -0.1) is 24.0 Å². The van der Waals surface area contributed by atoms with Gasteiger partial charge in [0, 0.05) is 39.4 Å². The van der Waals surface area contributed by atoms with Crippen LogP contribution in [0.5, 0.6) is 0 Å². The first-order valence-electron chi connectivity index (χ1n) is 7.95. The lowest BCUT2D eigenvalue weighted by Crippen LogP contribution is -2.38. The van der Waals surface area contributed by atoms with Gasteiger partial charge in [-0.2, -0.15) is 0 Å². The SMILES string of the molecule is CCCN=C(NCC)NCCCc1ccc(N(C)C)cc1.I. The second-order valence-electron chi connectivity index (χ2n) is 5.35. The van der Waals surface area contributed by atoms with Crippen LogP contribution in [0.1, 0.15) is 32.3 Å². The summed E-state index contributed by atoms with van der Waals surface area (Å²) >= 11 is 0. The largest absolute Gasteiger partial charge is 0.378 e. The second kappa shape index (κ2) is 12.6. The zero-order valence-corrected chi connectivity index (χ0v) is 16.7. The number of aryl methyl sites for hydroxylation is 1. The van der Waals surface area contributed by atoms with E-state index < -0.39 is 0 Å². The summed E-state index contributed by atoms with van der Waals surface area (Å²) < 4.78 is 0. The highest BCUT2D eigenvalue weighted by Gasteiger charge is 1.98. The zero-order chi connectivity index (χ0) is 15.5. The number of guanidine groups is 1. The predicted octanol–water partition coefficient (Wildman–Crippen LogP) is 3.27. The first-order valence-corrected chi connectivity index (χ1v) is 7.95. The van der Waals surface area contributed by atoms with E-state index >= 15 is 0 Å². The monoisotopic (exact) mass is 418 g/mol. The maximum absolute atomic E-state index is 4.50. The number of hydrogen-bond acceptors (Lipinski definition) is 2. The lowest BCUT2D eigenvalue weighted by molar-refractivity contribution is 0.742. The van der Waals surface area contributed by atoms with Crippen molar-refractivity contribution in [1.29, 1.82) is 0 Å². The second-order valence-corrected chi connectivity index (χ2v) is 5.35. The quantitative estimate of drug-likeness (QED) is 0.295. The van der Waals surface area contributed by atoms with E-state index in [0.29, 0.717) is 0 Å². The van der Waals surface area contributed by atoms with E-state index in [2.05, 4.69) is 72.7 Å². The number of nitrogens with zero attached hydrogens (tertiary/aromatic N) is 2. The summed E-state index contributed by atoms with van der Waals surface area (Å²) in [7, 11) is 4.13. The molecule has 0 aliphatic heterocycles. The molecule has 0 aliphatic carbocycles. The van der Waals surface area contributed by atoms with Gasteiger partial charge in [-0.25, -0.2) is 0 Å². The van der Waals surface area contributed by atoms with E-state index in [4.69, 9.17) is 0 Å². The van der Waals surface area contributed by atoms with Gasteiger partial charge in [-0.05, 0) is 43.9 Å². The van der Waals surface area contributed by atoms with Crippen molar-refractivity contribution >= 4 is 35.6 Å². The molecule has 0 aromatic heterocycles. The lowest BCUT2D eigenvalue weighted by Gasteiger charge is -2.13. The van der Waals surface area contributed by atoms with Crippen LogP contribution < -0.4 is 15.5 Å². The molecule has 0 bridgehead atoms. The number of hydrogen-bond donors (Lipinski definition) is 2. The summed E-state index contributed by atoms with van der Waals surface area (Å²) in [5.41, 5.74) is 2.64. The normalized spacial score (nSPS) is 10.8. The minimum Gasteiger partial charge on any atom is -0.378 e. The van der Waals surface area contributed by atoms with Crippen molar-refractivity contribution in [3.8, 4) is 0 Å². The van der Waals surface area contributed by atoms with Crippen LogP contribution in [0.3, 0.4) is 0 Å². The number of benzene rings is 1.